The molecule has 5 unspecified atom stereocenters. The Kier molecular flexibility index (Phi) is 11.7. The van der Waals surface area contributed by atoms with E-state index in [0.29, 0.717) is 18.6 Å². The zero-order valence-electron chi connectivity index (χ0n) is 16.6. The van der Waals surface area contributed by atoms with E-state index in [0.717, 1.165) is 0 Å². The summed E-state index contributed by atoms with van der Waals surface area (Å²) < 4.78 is 0. The SMILES string of the molecule is CCC(C)C(NC(=O)C(CCSC)NC(=O)C(C)N)C(=O)NC(C)C(=O)O. The van der Waals surface area contributed by atoms with Crippen LogP contribution in [0.25, 0.3) is 0 Å². The molecule has 0 bridgehead atoms. The molecule has 27 heavy (non-hydrogen) atoms. The number of nitrogens with one attached hydrogen (secondary N) is 3. The van der Waals surface area contributed by atoms with Gasteiger partial charge in [0.2, 0.25) is 17.7 Å². The van der Waals surface area contributed by atoms with Gasteiger partial charge in [-0.25, -0.2) is 0 Å². The first-order chi connectivity index (χ1) is 12.5. The van der Waals surface area contributed by atoms with E-state index in [-0.39, 0.29) is 5.92 Å². The Morgan fingerprint density at radius 3 is 2.04 bits per heavy atom. The van der Waals surface area contributed by atoms with E-state index in [1.165, 1.54) is 25.6 Å². The minimum atomic E-state index is -1.17. The Balaban J connectivity index is 5.26. The quantitative estimate of drug-likeness (QED) is 0.299. The molecule has 0 saturated carbocycles. The first kappa shape index (κ1) is 25.2. The lowest BCUT2D eigenvalue weighted by atomic mass is 9.97. The summed E-state index contributed by atoms with van der Waals surface area (Å²) in [5.74, 6) is -2.29. The molecule has 10 heteroatoms. The van der Waals surface area contributed by atoms with Crippen molar-refractivity contribution in [3.05, 3.63) is 0 Å². The van der Waals surface area contributed by atoms with E-state index in [1.807, 2.05) is 13.2 Å². The van der Waals surface area contributed by atoms with Gasteiger partial charge in [0, 0.05) is 0 Å². The lowest BCUT2D eigenvalue weighted by Crippen LogP contribution is -2.58. The third kappa shape index (κ3) is 9.09. The van der Waals surface area contributed by atoms with E-state index in [9.17, 15) is 19.2 Å². The molecule has 0 aliphatic carbocycles. The smallest absolute Gasteiger partial charge is 0.325 e. The van der Waals surface area contributed by atoms with Gasteiger partial charge in [-0.15, -0.1) is 0 Å². The van der Waals surface area contributed by atoms with Gasteiger partial charge in [0.15, 0.2) is 0 Å². The summed E-state index contributed by atoms with van der Waals surface area (Å²) in [6.45, 7) is 6.51. The van der Waals surface area contributed by atoms with Gasteiger partial charge in [0.25, 0.3) is 0 Å². The van der Waals surface area contributed by atoms with Crippen molar-refractivity contribution in [2.75, 3.05) is 12.0 Å². The molecule has 9 nitrogen and oxygen atoms in total. The molecule has 0 aromatic carbocycles. The second-order valence-electron chi connectivity index (χ2n) is 6.57. The zero-order valence-corrected chi connectivity index (χ0v) is 17.4. The van der Waals surface area contributed by atoms with Crippen molar-refractivity contribution in [2.24, 2.45) is 11.7 Å². The average Bonchev–Trinajstić information content (AvgIpc) is 2.61. The van der Waals surface area contributed by atoms with Gasteiger partial charge in [-0.05, 0) is 38.2 Å². The lowest BCUT2D eigenvalue weighted by Gasteiger charge is -2.27. The average molecular weight is 405 g/mol. The molecular formula is C17H32N4O5S. The predicted molar refractivity (Wildman–Crippen MR) is 105 cm³/mol. The molecule has 0 aromatic heterocycles. The Morgan fingerprint density at radius 2 is 1.59 bits per heavy atom. The highest BCUT2D eigenvalue weighted by Crippen LogP contribution is 2.10. The molecule has 0 aliphatic rings. The summed E-state index contributed by atoms with van der Waals surface area (Å²) in [5, 5.41) is 16.6. The summed E-state index contributed by atoms with van der Waals surface area (Å²) in [6.07, 6.45) is 2.86. The Hall–Kier alpha value is -1.81. The zero-order chi connectivity index (χ0) is 21.1. The van der Waals surface area contributed by atoms with Crippen LogP contribution in [0.2, 0.25) is 0 Å². The first-order valence-electron chi connectivity index (χ1n) is 8.93. The van der Waals surface area contributed by atoms with E-state index in [2.05, 4.69) is 16.0 Å². The Morgan fingerprint density at radius 1 is 1.00 bits per heavy atom. The second kappa shape index (κ2) is 12.6. The van der Waals surface area contributed by atoms with Gasteiger partial charge >= 0.3 is 5.97 Å². The number of rotatable bonds is 12. The van der Waals surface area contributed by atoms with Gasteiger partial charge in [-0.1, -0.05) is 20.3 Å². The summed E-state index contributed by atoms with van der Waals surface area (Å²) in [7, 11) is 0. The molecule has 156 valence electrons. The van der Waals surface area contributed by atoms with Crippen LogP contribution in [0.3, 0.4) is 0 Å². The van der Waals surface area contributed by atoms with Crippen LogP contribution in [0.1, 0.15) is 40.5 Å². The Bertz CT molecular complexity index is 529. The number of nitrogens with two attached hydrogens (primary N) is 1. The number of aliphatic carboxylic acids is 1. The van der Waals surface area contributed by atoms with Crippen molar-refractivity contribution < 1.29 is 24.3 Å². The number of thioether (sulfide) groups is 1. The largest absolute Gasteiger partial charge is 0.480 e. The Labute approximate surface area is 164 Å². The topological polar surface area (TPSA) is 151 Å². The van der Waals surface area contributed by atoms with Gasteiger partial charge in [-0.2, -0.15) is 11.8 Å². The molecule has 5 atom stereocenters. The fourth-order valence-corrected chi connectivity index (χ4v) is 2.60. The molecular weight excluding hydrogens is 372 g/mol. The summed E-state index contributed by atoms with van der Waals surface area (Å²) in [5.41, 5.74) is 5.55. The molecule has 0 heterocycles. The fraction of sp³-hybridized carbons (Fsp3) is 0.765. The number of carboxylic acids is 1. The van der Waals surface area contributed by atoms with Crippen LogP contribution in [0.15, 0.2) is 0 Å². The van der Waals surface area contributed by atoms with Gasteiger partial charge in [0.1, 0.15) is 18.1 Å². The minimum absolute atomic E-state index is 0.222. The number of hydrogen-bond donors (Lipinski definition) is 5. The molecule has 0 aromatic rings. The third-order valence-electron chi connectivity index (χ3n) is 4.18. The molecule has 3 amide bonds. The van der Waals surface area contributed by atoms with E-state index < -0.39 is 47.9 Å². The van der Waals surface area contributed by atoms with Crippen molar-refractivity contribution in [1.82, 2.24) is 16.0 Å². The van der Waals surface area contributed by atoms with E-state index >= 15 is 0 Å². The van der Waals surface area contributed by atoms with E-state index in [1.54, 1.807) is 6.92 Å². The number of amides is 3. The predicted octanol–water partition coefficient (Wildman–Crippen LogP) is -0.308. The normalized spacial score (nSPS) is 16.4. The highest BCUT2D eigenvalue weighted by Gasteiger charge is 2.31. The monoisotopic (exact) mass is 404 g/mol. The second-order valence-corrected chi connectivity index (χ2v) is 7.56. The summed E-state index contributed by atoms with van der Waals surface area (Å²) in [6, 6.07) is -3.58. The van der Waals surface area contributed by atoms with Crippen LogP contribution >= 0.6 is 11.8 Å². The van der Waals surface area contributed by atoms with Crippen LogP contribution in [0, 0.1) is 5.92 Å². The molecule has 0 radical (unpaired) electrons. The summed E-state index contributed by atoms with van der Waals surface area (Å²) >= 11 is 1.52. The molecule has 0 spiro atoms. The van der Waals surface area contributed by atoms with Gasteiger partial charge in [-0.3, -0.25) is 19.2 Å². The maximum absolute atomic E-state index is 12.7. The van der Waals surface area contributed by atoms with Crippen molar-refractivity contribution in [1.29, 1.82) is 0 Å². The first-order valence-corrected chi connectivity index (χ1v) is 10.3. The van der Waals surface area contributed by atoms with Gasteiger partial charge < -0.3 is 26.8 Å². The van der Waals surface area contributed by atoms with Crippen LogP contribution in [0.5, 0.6) is 0 Å². The van der Waals surface area contributed by atoms with Crippen LogP contribution in [-0.2, 0) is 19.2 Å². The van der Waals surface area contributed by atoms with Crippen molar-refractivity contribution in [3.8, 4) is 0 Å². The van der Waals surface area contributed by atoms with Gasteiger partial charge in [0.05, 0.1) is 6.04 Å². The molecule has 0 aliphatic heterocycles. The van der Waals surface area contributed by atoms with Crippen LogP contribution in [0.4, 0.5) is 0 Å². The maximum Gasteiger partial charge on any atom is 0.325 e. The molecule has 6 N–H and O–H groups in total. The lowest BCUT2D eigenvalue weighted by molar-refractivity contribution is -0.142. The highest BCUT2D eigenvalue weighted by atomic mass is 32.2. The maximum atomic E-state index is 12.7. The number of hydrogen-bond acceptors (Lipinski definition) is 6. The standard InChI is InChI=1S/C17H32N4O5S/c1-6-9(2)13(16(24)19-11(4)17(25)26)21-15(23)12(7-8-27-5)20-14(22)10(3)18/h9-13H,6-8,18H2,1-5H3,(H,19,24)(H,20,22)(H,21,23)(H,25,26). The number of carboxylic acid groups (broad SMARTS) is 1. The third-order valence-corrected chi connectivity index (χ3v) is 4.82. The minimum Gasteiger partial charge on any atom is -0.480 e. The molecule has 0 rings (SSSR count). The van der Waals surface area contributed by atoms with Crippen LogP contribution < -0.4 is 21.7 Å². The molecule has 0 fully saturated rings. The van der Waals surface area contributed by atoms with Crippen molar-refractivity contribution >= 4 is 35.5 Å². The number of carbonyl (C=O) groups excluding carboxylic acids is 3. The van der Waals surface area contributed by atoms with E-state index in [4.69, 9.17) is 10.8 Å². The molecule has 0 saturated heterocycles. The summed E-state index contributed by atoms with van der Waals surface area (Å²) in [4.78, 5) is 48.0. The fourth-order valence-electron chi connectivity index (χ4n) is 2.13. The highest BCUT2D eigenvalue weighted by molar-refractivity contribution is 7.98. The number of carbonyl (C=O) groups is 4. The van der Waals surface area contributed by atoms with Crippen molar-refractivity contribution in [3.63, 3.8) is 0 Å². The van der Waals surface area contributed by atoms with Crippen LogP contribution in [-0.4, -0.2) is 65.0 Å². The van der Waals surface area contributed by atoms with Crippen molar-refractivity contribution in [2.45, 2.75) is 64.7 Å².